The van der Waals surface area contributed by atoms with E-state index in [0.29, 0.717) is 28.5 Å². The maximum absolute atomic E-state index is 13.9. The number of nitrogens with one attached hydrogen (secondary N) is 1. The average molecular weight is 521 g/mol. The molecule has 0 radical (unpaired) electrons. The summed E-state index contributed by atoms with van der Waals surface area (Å²) in [5.74, 6) is 0.400. The van der Waals surface area contributed by atoms with Crippen LogP contribution >= 0.6 is 0 Å². The standard InChI is InChI=1S/C27H29FN6O4/c1-17-9-14-22(38-17)25-30-32-33(31-25)16-23(35)34(20-7-6-8-21(15-20)37-5)24(26(36)29-27(2,3)4)18-10-12-19(28)13-11-18/h6-15,24H,16H2,1-5H3,(H,29,36)/t24-/m0/s1. The van der Waals surface area contributed by atoms with Crippen LogP contribution in [0.15, 0.2) is 65.1 Å². The number of aromatic nitrogens is 4. The number of amides is 2. The molecule has 198 valence electrons. The number of anilines is 1. The summed E-state index contributed by atoms with van der Waals surface area (Å²) in [6.45, 7) is 6.97. The van der Waals surface area contributed by atoms with Crippen molar-refractivity contribution in [1.82, 2.24) is 25.5 Å². The quantitative estimate of drug-likeness (QED) is 0.372. The molecule has 0 fully saturated rings. The van der Waals surface area contributed by atoms with E-state index >= 15 is 0 Å². The molecule has 2 aromatic heterocycles. The minimum atomic E-state index is -1.13. The molecule has 4 rings (SSSR count). The van der Waals surface area contributed by atoms with Crippen molar-refractivity contribution in [2.24, 2.45) is 0 Å². The first kappa shape index (κ1) is 26.5. The minimum absolute atomic E-state index is 0.222. The number of ether oxygens (including phenoxy) is 1. The molecule has 38 heavy (non-hydrogen) atoms. The number of hydrogen-bond acceptors (Lipinski definition) is 7. The first-order chi connectivity index (χ1) is 18.0. The van der Waals surface area contributed by atoms with Crippen LogP contribution in [0, 0.1) is 12.7 Å². The van der Waals surface area contributed by atoms with Gasteiger partial charge in [0.1, 0.15) is 29.9 Å². The van der Waals surface area contributed by atoms with Gasteiger partial charge in [-0.1, -0.05) is 18.2 Å². The van der Waals surface area contributed by atoms with Crippen molar-refractivity contribution in [1.29, 1.82) is 0 Å². The van der Waals surface area contributed by atoms with Crippen LogP contribution in [0.2, 0.25) is 0 Å². The van der Waals surface area contributed by atoms with E-state index in [4.69, 9.17) is 9.15 Å². The number of rotatable bonds is 8. The van der Waals surface area contributed by atoms with Gasteiger partial charge in [0, 0.05) is 17.3 Å². The second kappa shape index (κ2) is 10.8. The van der Waals surface area contributed by atoms with Crippen LogP contribution in [0.5, 0.6) is 5.75 Å². The topological polar surface area (TPSA) is 115 Å². The van der Waals surface area contributed by atoms with Crippen molar-refractivity contribution in [3.05, 3.63) is 77.8 Å². The number of benzene rings is 2. The highest BCUT2D eigenvalue weighted by Crippen LogP contribution is 2.31. The van der Waals surface area contributed by atoms with E-state index < -0.39 is 29.2 Å². The zero-order valence-corrected chi connectivity index (χ0v) is 21.8. The minimum Gasteiger partial charge on any atom is -0.497 e. The summed E-state index contributed by atoms with van der Waals surface area (Å²) in [5, 5.41) is 15.2. The highest BCUT2D eigenvalue weighted by molar-refractivity contribution is 6.01. The predicted molar refractivity (Wildman–Crippen MR) is 138 cm³/mol. The van der Waals surface area contributed by atoms with E-state index in [0.717, 1.165) is 4.80 Å². The Bertz CT molecular complexity index is 1420. The van der Waals surface area contributed by atoms with Crippen molar-refractivity contribution in [2.75, 3.05) is 12.0 Å². The summed E-state index contributed by atoms with van der Waals surface area (Å²) < 4.78 is 24.7. The number of aryl methyl sites for hydroxylation is 1. The lowest BCUT2D eigenvalue weighted by atomic mass is 10.0. The molecule has 0 aliphatic heterocycles. The Kier molecular flexibility index (Phi) is 7.56. The lowest BCUT2D eigenvalue weighted by Gasteiger charge is -2.33. The van der Waals surface area contributed by atoms with Crippen LogP contribution in [0.1, 0.15) is 38.1 Å². The largest absolute Gasteiger partial charge is 0.497 e. The van der Waals surface area contributed by atoms with Gasteiger partial charge in [-0.3, -0.25) is 14.5 Å². The molecule has 0 spiro atoms. The van der Waals surface area contributed by atoms with E-state index in [1.807, 2.05) is 20.8 Å². The Morgan fingerprint density at radius 2 is 1.87 bits per heavy atom. The number of furan rings is 1. The normalized spacial score (nSPS) is 12.2. The van der Waals surface area contributed by atoms with Gasteiger partial charge in [0.15, 0.2) is 5.76 Å². The second-order valence-corrected chi connectivity index (χ2v) is 9.71. The molecule has 0 unspecified atom stereocenters. The second-order valence-electron chi connectivity index (χ2n) is 9.71. The van der Waals surface area contributed by atoms with Gasteiger partial charge in [-0.05, 0) is 74.9 Å². The van der Waals surface area contributed by atoms with Crippen molar-refractivity contribution >= 4 is 17.5 Å². The average Bonchev–Trinajstić information content (AvgIpc) is 3.50. The number of halogens is 1. The van der Waals surface area contributed by atoms with Gasteiger partial charge in [0.05, 0.1) is 7.11 Å². The highest BCUT2D eigenvalue weighted by Gasteiger charge is 2.35. The molecule has 0 aliphatic rings. The van der Waals surface area contributed by atoms with Gasteiger partial charge >= 0.3 is 0 Å². The molecular weight excluding hydrogens is 491 g/mol. The Labute approximate surface area is 219 Å². The van der Waals surface area contributed by atoms with Crippen molar-refractivity contribution < 1.29 is 23.1 Å². The SMILES string of the molecule is COc1cccc(N(C(=O)Cn2nnc(-c3ccc(C)o3)n2)[C@H](C(=O)NC(C)(C)C)c2ccc(F)cc2)c1. The van der Waals surface area contributed by atoms with Crippen LogP contribution in [0.4, 0.5) is 10.1 Å². The van der Waals surface area contributed by atoms with E-state index in [1.165, 1.54) is 36.3 Å². The Hall–Kier alpha value is -4.54. The smallest absolute Gasteiger partial charge is 0.251 e. The Morgan fingerprint density at radius 1 is 1.13 bits per heavy atom. The summed E-state index contributed by atoms with van der Waals surface area (Å²) in [5.41, 5.74) is 0.222. The number of carbonyl (C=O) groups excluding carboxylic acids is 2. The summed E-state index contributed by atoms with van der Waals surface area (Å²) in [6, 6.07) is 14.6. The highest BCUT2D eigenvalue weighted by atomic mass is 19.1. The first-order valence-electron chi connectivity index (χ1n) is 11.9. The molecule has 10 nitrogen and oxygen atoms in total. The van der Waals surface area contributed by atoms with Gasteiger partial charge in [0.25, 0.3) is 5.91 Å². The van der Waals surface area contributed by atoms with E-state index in [1.54, 1.807) is 43.3 Å². The maximum Gasteiger partial charge on any atom is 0.251 e. The number of methoxy groups -OCH3 is 1. The third-order valence-corrected chi connectivity index (χ3v) is 5.48. The zero-order chi connectivity index (χ0) is 27.4. The Balaban J connectivity index is 1.76. The summed E-state index contributed by atoms with van der Waals surface area (Å²) in [6.07, 6.45) is 0. The molecule has 2 amide bonds. The molecule has 0 aliphatic carbocycles. The lowest BCUT2D eigenvalue weighted by Crippen LogP contribution is -2.50. The fraction of sp³-hybridized carbons (Fsp3) is 0.296. The number of nitrogens with zero attached hydrogens (tertiary/aromatic N) is 5. The monoisotopic (exact) mass is 520 g/mol. The predicted octanol–water partition coefficient (Wildman–Crippen LogP) is 4.08. The zero-order valence-electron chi connectivity index (χ0n) is 21.8. The number of tetrazole rings is 1. The summed E-state index contributed by atoms with van der Waals surface area (Å²) in [4.78, 5) is 30.0. The number of carbonyl (C=O) groups is 2. The summed E-state index contributed by atoms with van der Waals surface area (Å²) >= 11 is 0. The van der Waals surface area contributed by atoms with Crippen LogP contribution < -0.4 is 15.0 Å². The molecule has 4 aromatic rings. The van der Waals surface area contributed by atoms with Crippen molar-refractivity contribution in [3.8, 4) is 17.3 Å². The molecule has 11 heteroatoms. The molecule has 2 aromatic carbocycles. The van der Waals surface area contributed by atoms with E-state index in [2.05, 4.69) is 20.7 Å². The van der Waals surface area contributed by atoms with Crippen LogP contribution in [0.25, 0.3) is 11.6 Å². The molecule has 1 atom stereocenters. The van der Waals surface area contributed by atoms with Gasteiger partial charge in [-0.25, -0.2) is 4.39 Å². The van der Waals surface area contributed by atoms with E-state index in [9.17, 15) is 14.0 Å². The lowest BCUT2D eigenvalue weighted by molar-refractivity contribution is -0.128. The van der Waals surface area contributed by atoms with Gasteiger partial charge in [0.2, 0.25) is 11.7 Å². The number of hydrogen-bond donors (Lipinski definition) is 1. The third-order valence-electron chi connectivity index (χ3n) is 5.48. The maximum atomic E-state index is 13.9. The molecular formula is C27H29FN6O4. The fourth-order valence-electron chi connectivity index (χ4n) is 3.86. The Morgan fingerprint density at radius 3 is 2.50 bits per heavy atom. The molecule has 2 heterocycles. The first-order valence-corrected chi connectivity index (χ1v) is 11.9. The molecule has 0 saturated carbocycles. The van der Waals surface area contributed by atoms with Crippen LogP contribution in [0.3, 0.4) is 0 Å². The molecule has 1 N–H and O–H groups in total. The van der Waals surface area contributed by atoms with Crippen LogP contribution in [-0.2, 0) is 16.1 Å². The summed E-state index contributed by atoms with van der Waals surface area (Å²) in [7, 11) is 1.51. The van der Waals surface area contributed by atoms with Crippen molar-refractivity contribution in [3.63, 3.8) is 0 Å². The van der Waals surface area contributed by atoms with Gasteiger partial charge in [-0.2, -0.15) is 4.80 Å². The molecule has 0 bridgehead atoms. The third kappa shape index (κ3) is 6.23. The van der Waals surface area contributed by atoms with Gasteiger partial charge < -0.3 is 14.5 Å². The van der Waals surface area contributed by atoms with Crippen LogP contribution in [-0.4, -0.2) is 44.7 Å². The fourth-order valence-corrected chi connectivity index (χ4v) is 3.86. The van der Waals surface area contributed by atoms with E-state index in [-0.39, 0.29) is 12.4 Å². The van der Waals surface area contributed by atoms with Crippen molar-refractivity contribution in [2.45, 2.75) is 45.8 Å². The van der Waals surface area contributed by atoms with Gasteiger partial charge in [-0.15, -0.1) is 10.2 Å². The molecule has 0 saturated heterocycles.